The molecule has 21 heavy (non-hydrogen) atoms. The fourth-order valence-electron chi connectivity index (χ4n) is 2.37. The molecule has 0 atom stereocenters. The average Bonchev–Trinajstić information content (AvgIpc) is 2.76. The van der Waals surface area contributed by atoms with Crippen LogP contribution in [0.5, 0.6) is 5.75 Å². The number of methoxy groups -OCH3 is 1. The van der Waals surface area contributed by atoms with E-state index < -0.39 is 0 Å². The van der Waals surface area contributed by atoms with Gasteiger partial charge in [-0.2, -0.15) is 0 Å². The number of rotatable bonds is 2. The minimum absolute atomic E-state index is 0.0656. The zero-order valence-electron chi connectivity index (χ0n) is 12.1. The summed E-state index contributed by atoms with van der Waals surface area (Å²) in [5.41, 5.74) is 3.66. The summed E-state index contributed by atoms with van der Waals surface area (Å²) in [6, 6.07) is 9.60. The molecule has 0 spiro atoms. The highest BCUT2D eigenvalue weighted by atomic mass is 32.2. The third kappa shape index (κ3) is 2.59. The van der Waals surface area contributed by atoms with Crippen molar-refractivity contribution < 1.29 is 9.53 Å². The number of thioether (sulfide) groups is 1. The molecule has 0 amide bonds. The summed E-state index contributed by atoms with van der Waals surface area (Å²) >= 11 is 1.45. The molecule has 3 rings (SSSR count). The molecule has 106 valence electrons. The van der Waals surface area contributed by atoms with Crippen LogP contribution in [0.1, 0.15) is 27.2 Å². The molecule has 1 aromatic carbocycles. The van der Waals surface area contributed by atoms with E-state index in [1.807, 2.05) is 50.3 Å². The predicted molar refractivity (Wildman–Crippen MR) is 84.9 cm³/mol. The van der Waals surface area contributed by atoms with Gasteiger partial charge in [0, 0.05) is 5.69 Å². The molecule has 1 aliphatic rings. The Labute approximate surface area is 128 Å². The van der Waals surface area contributed by atoms with Crippen molar-refractivity contribution in [3.63, 3.8) is 0 Å². The van der Waals surface area contributed by atoms with Crippen LogP contribution in [0.25, 0.3) is 6.08 Å². The Morgan fingerprint density at radius 3 is 2.57 bits per heavy atom. The highest BCUT2D eigenvalue weighted by molar-refractivity contribution is 8.04. The van der Waals surface area contributed by atoms with Crippen molar-refractivity contribution in [3.8, 4) is 5.75 Å². The summed E-state index contributed by atoms with van der Waals surface area (Å²) in [6.45, 7) is 3.91. The van der Waals surface area contributed by atoms with Crippen LogP contribution in [0.4, 0.5) is 0 Å². The van der Waals surface area contributed by atoms with Crippen LogP contribution in [0.15, 0.2) is 40.3 Å². The van der Waals surface area contributed by atoms with Crippen molar-refractivity contribution in [3.05, 3.63) is 57.6 Å². The number of ketones is 1. The molecule has 4 heteroatoms. The molecule has 0 saturated heterocycles. The van der Waals surface area contributed by atoms with Gasteiger partial charge in [0.25, 0.3) is 0 Å². The zero-order valence-corrected chi connectivity index (χ0v) is 13.0. The van der Waals surface area contributed by atoms with Crippen LogP contribution in [0.3, 0.4) is 0 Å². The minimum Gasteiger partial charge on any atom is -0.497 e. The lowest BCUT2D eigenvalue weighted by molar-refractivity contribution is 0.104. The smallest absolute Gasteiger partial charge is 0.202 e. The van der Waals surface area contributed by atoms with Gasteiger partial charge in [0.1, 0.15) is 10.8 Å². The summed E-state index contributed by atoms with van der Waals surface area (Å²) in [5.74, 6) is 0.870. The van der Waals surface area contributed by atoms with Crippen molar-refractivity contribution >= 4 is 23.6 Å². The molecule has 2 aromatic rings. The maximum Gasteiger partial charge on any atom is 0.202 e. The van der Waals surface area contributed by atoms with Crippen LogP contribution in [-0.2, 0) is 0 Å². The van der Waals surface area contributed by atoms with Gasteiger partial charge in [-0.25, -0.2) is 4.98 Å². The predicted octanol–water partition coefficient (Wildman–Crippen LogP) is 4.04. The van der Waals surface area contributed by atoms with Crippen molar-refractivity contribution in [2.24, 2.45) is 0 Å². The van der Waals surface area contributed by atoms with Crippen molar-refractivity contribution in [2.75, 3.05) is 7.11 Å². The lowest BCUT2D eigenvalue weighted by atomic mass is 10.1. The second kappa shape index (κ2) is 5.37. The van der Waals surface area contributed by atoms with Crippen molar-refractivity contribution in [1.82, 2.24) is 4.98 Å². The molecule has 0 radical (unpaired) electrons. The Morgan fingerprint density at radius 1 is 1.19 bits per heavy atom. The second-order valence-electron chi connectivity index (χ2n) is 4.97. The number of aryl methyl sites for hydroxylation is 2. The first kappa shape index (κ1) is 13.9. The van der Waals surface area contributed by atoms with Crippen LogP contribution in [0, 0.1) is 13.8 Å². The van der Waals surface area contributed by atoms with Gasteiger partial charge in [0.05, 0.1) is 17.6 Å². The number of ether oxygens (including phenoxy) is 1. The van der Waals surface area contributed by atoms with E-state index in [9.17, 15) is 4.79 Å². The third-order valence-electron chi connectivity index (χ3n) is 3.38. The third-order valence-corrected chi connectivity index (χ3v) is 4.39. The second-order valence-corrected chi connectivity index (χ2v) is 6.00. The van der Waals surface area contributed by atoms with E-state index in [0.717, 1.165) is 38.1 Å². The Hall–Kier alpha value is -2.07. The summed E-state index contributed by atoms with van der Waals surface area (Å²) in [6.07, 6.45) is 1.91. The van der Waals surface area contributed by atoms with Crippen LogP contribution in [-0.4, -0.2) is 17.9 Å². The largest absolute Gasteiger partial charge is 0.497 e. The van der Waals surface area contributed by atoms with Crippen molar-refractivity contribution in [1.29, 1.82) is 0 Å². The Bertz CT molecular complexity index is 748. The maximum absolute atomic E-state index is 12.5. The normalized spacial score (nSPS) is 15.4. The molecular formula is C17H15NO2S. The van der Waals surface area contributed by atoms with Gasteiger partial charge >= 0.3 is 0 Å². The van der Waals surface area contributed by atoms with Gasteiger partial charge in [-0.3, -0.25) is 4.79 Å². The average molecular weight is 297 g/mol. The number of allylic oxidation sites excluding steroid dienone is 1. The number of hydrogen-bond acceptors (Lipinski definition) is 4. The van der Waals surface area contributed by atoms with Gasteiger partial charge in [-0.1, -0.05) is 23.9 Å². The molecule has 1 aromatic heterocycles. The molecule has 0 saturated carbocycles. The first-order chi connectivity index (χ1) is 10.1. The molecule has 0 N–H and O–H groups in total. The van der Waals surface area contributed by atoms with E-state index in [0.29, 0.717) is 0 Å². The fraction of sp³-hybridized carbons (Fsp3) is 0.176. The number of benzene rings is 1. The van der Waals surface area contributed by atoms with Gasteiger partial charge in [0.2, 0.25) is 5.78 Å². The first-order valence-corrected chi connectivity index (χ1v) is 7.46. The lowest BCUT2D eigenvalue weighted by Gasteiger charge is -2.01. The Morgan fingerprint density at radius 2 is 1.90 bits per heavy atom. The highest BCUT2D eigenvalue weighted by Crippen LogP contribution is 2.41. The molecule has 1 aliphatic heterocycles. The monoisotopic (exact) mass is 297 g/mol. The summed E-state index contributed by atoms with van der Waals surface area (Å²) in [5, 5.41) is 0.817. The summed E-state index contributed by atoms with van der Waals surface area (Å²) in [7, 11) is 1.64. The summed E-state index contributed by atoms with van der Waals surface area (Å²) in [4.78, 5) is 17.7. The molecule has 0 unspecified atom stereocenters. The van der Waals surface area contributed by atoms with Crippen LogP contribution < -0.4 is 4.74 Å². The maximum atomic E-state index is 12.5. The standard InChI is InChI=1S/C17H15NO2S/c1-10-8-11(2)18-17-15(10)16(19)14(21-17)9-12-4-6-13(20-3)7-5-12/h4-9H,1-3H3/b14-9+. The zero-order chi connectivity index (χ0) is 15.0. The van der Waals surface area contributed by atoms with Gasteiger partial charge in [-0.15, -0.1) is 0 Å². The molecular weight excluding hydrogens is 282 g/mol. The van der Waals surface area contributed by atoms with E-state index in [1.54, 1.807) is 7.11 Å². The summed E-state index contributed by atoms with van der Waals surface area (Å²) < 4.78 is 5.14. The number of fused-ring (bicyclic) bond motifs is 1. The Kier molecular flexibility index (Phi) is 3.55. The number of nitrogens with zero attached hydrogens (tertiary/aromatic N) is 1. The molecule has 2 heterocycles. The SMILES string of the molecule is COc1ccc(/C=C2/Sc3nc(C)cc(C)c3C2=O)cc1. The van der Waals surface area contributed by atoms with E-state index in [1.165, 1.54) is 11.8 Å². The van der Waals surface area contributed by atoms with Gasteiger partial charge < -0.3 is 4.74 Å². The minimum atomic E-state index is 0.0656. The quantitative estimate of drug-likeness (QED) is 0.784. The Balaban J connectivity index is 1.96. The van der Waals surface area contributed by atoms with Crippen LogP contribution in [0.2, 0.25) is 0 Å². The number of hydrogen-bond donors (Lipinski definition) is 0. The highest BCUT2D eigenvalue weighted by Gasteiger charge is 2.29. The fourth-order valence-corrected chi connectivity index (χ4v) is 3.52. The van der Waals surface area contributed by atoms with Crippen molar-refractivity contribution in [2.45, 2.75) is 18.9 Å². The number of carbonyl (C=O) groups excluding carboxylic acids is 1. The van der Waals surface area contributed by atoms with E-state index in [-0.39, 0.29) is 5.78 Å². The number of aromatic nitrogens is 1. The van der Waals surface area contributed by atoms with E-state index in [2.05, 4.69) is 4.98 Å². The number of pyridine rings is 1. The lowest BCUT2D eigenvalue weighted by Crippen LogP contribution is -1.99. The van der Waals surface area contributed by atoms with Crippen LogP contribution >= 0.6 is 11.8 Å². The van der Waals surface area contributed by atoms with Gasteiger partial charge in [-0.05, 0) is 49.2 Å². The number of carbonyl (C=O) groups is 1. The topological polar surface area (TPSA) is 39.2 Å². The van der Waals surface area contributed by atoms with Gasteiger partial charge in [0.15, 0.2) is 0 Å². The first-order valence-electron chi connectivity index (χ1n) is 6.65. The van der Waals surface area contributed by atoms with E-state index >= 15 is 0 Å². The molecule has 0 fully saturated rings. The molecule has 0 aliphatic carbocycles. The van der Waals surface area contributed by atoms with E-state index in [4.69, 9.17) is 4.74 Å². The molecule has 0 bridgehead atoms. The molecule has 3 nitrogen and oxygen atoms in total. The number of Topliss-reactive ketones (excluding diaryl/α,β-unsaturated/α-hetero) is 1.